The molecule has 1 aromatic carbocycles. The van der Waals surface area contributed by atoms with Crippen molar-refractivity contribution >= 4 is 23.2 Å². The second kappa shape index (κ2) is 7.89. The van der Waals surface area contributed by atoms with Crippen LogP contribution in [0.3, 0.4) is 0 Å². The second-order valence-electron chi connectivity index (χ2n) is 10.8. The molecule has 6 rings (SSSR count). The van der Waals surface area contributed by atoms with Gasteiger partial charge in [-0.1, -0.05) is 44.2 Å². The number of aromatic nitrogens is 3. The summed E-state index contributed by atoms with van der Waals surface area (Å²) in [7, 11) is 0. The monoisotopic (exact) mass is 513 g/mol. The van der Waals surface area contributed by atoms with Crippen LogP contribution >= 0.6 is 11.3 Å². The number of halogens is 2. The first-order valence-electron chi connectivity index (χ1n) is 11.8. The Labute approximate surface area is 210 Å². The van der Waals surface area contributed by atoms with Gasteiger partial charge in [0.25, 0.3) is 11.8 Å². The van der Waals surface area contributed by atoms with E-state index in [1.54, 1.807) is 16.5 Å². The van der Waals surface area contributed by atoms with Crippen LogP contribution in [0.2, 0.25) is 0 Å². The molecular formula is C25H25F2N5O3S. The molecule has 3 fully saturated rings. The lowest BCUT2D eigenvalue weighted by molar-refractivity contribution is -0.146. The Morgan fingerprint density at radius 2 is 1.81 bits per heavy atom. The van der Waals surface area contributed by atoms with Crippen molar-refractivity contribution in [3.63, 3.8) is 0 Å². The predicted molar refractivity (Wildman–Crippen MR) is 125 cm³/mol. The minimum absolute atomic E-state index is 0.00389. The molecular weight excluding hydrogens is 488 g/mol. The number of carbonyl (C=O) groups is 2. The summed E-state index contributed by atoms with van der Waals surface area (Å²) in [6, 6.07) is 7.33. The lowest BCUT2D eigenvalue weighted by Gasteiger charge is -2.50. The van der Waals surface area contributed by atoms with E-state index >= 15 is 8.78 Å². The summed E-state index contributed by atoms with van der Waals surface area (Å²) in [6.07, 6.45) is 2.38. The van der Waals surface area contributed by atoms with Crippen LogP contribution in [0.25, 0.3) is 0 Å². The van der Waals surface area contributed by atoms with Gasteiger partial charge in [-0.05, 0) is 11.8 Å². The number of rotatable bonds is 5. The lowest BCUT2D eigenvalue weighted by Crippen LogP contribution is -2.62. The highest BCUT2D eigenvalue weighted by Gasteiger charge is 2.62. The highest BCUT2D eigenvalue weighted by Crippen LogP contribution is 2.56. The van der Waals surface area contributed by atoms with E-state index in [1.807, 2.05) is 4.90 Å². The van der Waals surface area contributed by atoms with E-state index in [0.29, 0.717) is 24.5 Å². The zero-order valence-corrected chi connectivity index (χ0v) is 20.7. The fourth-order valence-corrected chi connectivity index (χ4v) is 6.10. The zero-order chi connectivity index (χ0) is 25.3. The van der Waals surface area contributed by atoms with Gasteiger partial charge in [-0.2, -0.15) is 8.78 Å². The number of thiazole rings is 1. The molecule has 0 bridgehead atoms. The van der Waals surface area contributed by atoms with Gasteiger partial charge in [-0.15, -0.1) is 21.5 Å². The van der Waals surface area contributed by atoms with Gasteiger partial charge in [0.05, 0.1) is 17.6 Å². The zero-order valence-electron chi connectivity index (χ0n) is 19.9. The minimum atomic E-state index is -3.45. The Morgan fingerprint density at radius 3 is 2.44 bits per heavy atom. The third-order valence-corrected chi connectivity index (χ3v) is 8.62. The van der Waals surface area contributed by atoms with E-state index in [2.05, 4.69) is 29.0 Å². The molecule has 1 aliphatic carbocycles. The molecule has 1 unspecified atom stereocenters. The van der Waals surface area contributed by atoms with Gasteiger partial charge in [-0.3, -0.25) is 14.6 Å². The van der Waals surface area contributed by atoms with Crippen molar-refractivity contribution in [1.82, 2.24) is 25.0 Å². The molecule has 2 aliphatic heterocycles. The molecule has 36 heavy (non-hydrogen) atoms. The number of likely N-dealkylation sites (tertiary alicyclic amines) is 2. The number of alkyl halides is 2. The third kappa shape index (κ3) is 3.63. The number of amides is 2. The van der Waals surface area contributed by atoms with E-state index < -0.39 is 23.1 Å². The van der Waals surface area contributed by atoms with Crippen molar-refractivity contribution in [2.45, 2.75) is 32.1 Å². The largest absolute Gasteiger partial charge is 0.419 e. The highest BCUT2D eigenvalue weighted by atomic mass is 32.1. The predicted octanol–water partition coefficient (Wildman–Crippen LogP) is 3.78. The topological polar surface area (TPSA) is 92.4 Å². The summed E-state index contributed by atoms with van der Waals surface area (Å²) in [4.78, 5) is 34.1. The first-order valence-corrected chi connectivity index (χ1v) is 12.7. The van der Waals surface area contributed by atoms with Crippen molar-refractivity contribution in [2.75, 3.05) is 26.2 Å². The molecule has 0 radical (unpaired) electrons. The summed E-state index contributed by atoms with van der Waals surface area (Å²) < 4.78 is 35.8. The highest BCUT2D eigenvalue weighted by molar-refractivity contribution is 7.11. The van der Waals surface area contributed by atoms with Crippen molar-refractivity contribution in [1.29, 1.82) is 0 Å². The molecule has 2 amide bonds. The number of benzene rings is 1. The fourth-order valence-electron chi connectivity index (χ4n) is 5.51. The minimum Gasteiger partial charge on any atom is -0.419 e. The van der Waals surface area contributed by atoms with Crippen molar-refractivity contribution < 1.29 is 22.8 Å². The van der Waals surface area contributed by atoms with Crippen LogP contribution in [0.15, 0.2) is 46.5 Å². The number of carbonyl (C=O) groups excluding carboxylic acids is 2. The Balaban J connectivity index is 1.28. The first-order chi connectivity index (χ1) is 17.1. The molecule has 3 aliphatic rings. The van der Waals surface area contributed by atoms with E-state index in [1.165, 1.54) is 41.8 Å². The Morgan fingerprint density at radius 1 is 1.11 bits per heavy atom. The van der Waals surface area contributed by atoms with E-state index in [4.69, 9.17) is 4.42 Å². The number of hydrogen-bond donors (Lipinski definition) is 0. The first kappa shape index (κ1) is 23.2. The maximum absolute atomic E-state index is 15.1. The van der Waals surface area contributed by atoms with Gasteiger partial charge in [0, 0.05) is 43.1 Å². The molecule has 1 saturated carbocycles. The van der Waals surface area contributed by atoms with Crippen LogP contribution in [0.5, 0.6) is 0 Å². The maximum atomic E-state index is 15.1. The maximum Gasteiger partial charge on any atom is 0.349 e. The summed E-state index contributed by atoms with van der Waals surface area (Å²) >= 11 is 1.25. The van der Waals surface area contributed by atoms with Crippen molar-refractivity contribution in [3.05, 3.63) is 64.3 Å². The SMILES string of the molecule is CC1(C)C[C@@H]1C(=O)N1CC2(CN(C(=O)c3cncs3)CC2c2nnc(C(F)(F)c3ccccc3)o2)C1. The number of nitrogens with zero attached hydrogens (tertiary/aromatic N) is 5. The van der Waals surface area contributed by atoms with E-state index in [-0.39, 0.29) is 41.1 Å². The van der Waals surface area contributed by atoms with E-state index in [0.717, 1.165) is 6.42 Å². The molecule has 11 heteroatoms. The molecule has 2 aromatic heterocycles. The molecule has 4 heterocycles. The fraction of sp³-hybridized carbons (Fsp3) is 0.480. The van der Waals surface area contributed by atoms with Crippen LogP contribution in [-0.4, -0.2) is 63.0 Å². The Hall–Kier alpha value is -3.21. The molecule has 3 aromatic rings. The van der Waals surface area contributed by atoms with E-state index in [9.17, 15) is 9.59 Å². The van der Waals surface area contributed by atoms with Gasteiger partial charge in [0.1, 0.15) is 4.88 Å². The van der Waals surface area contributed by atoms with Crippen molar-refractivity contribution in [2.24, 2.45) is 16.7 Å². The number of hydrogen-bond acceptors (Lipinski definition) is 7. The van der Waals surface area contributed by atoms with Crippen LogP contribution in [0.1, 0.15) is 53.2 Å². The summed E-state index contributed by atoms with van der Waals surface area (Å²) in [6.45, 7) is 5.60. The summed E-state index contributed by atoms with van der Waals surface area (Å²) in [5.41, 5.74) is 0.831. The smallest absolute Gasteiger partial charge is 0.349 e. The lowest BCUT2D eigenvalue weighted by atomic mass is 9.71. The van der Waals surface area contributed by atoms with Gasteiger partial charge < -0.3 is 14.2 Å². The standard InChI is InChI=1S/C25H25F2N5O3S/c1-23(2)8-16(23)20(33)32-12-24(13-32)11-31(21(34)18-9-28-14-36-18)10-17(24)19-29-30-22(35-19)25(26,27)15-6-4-3-5-7-15/h3-7,9,14,16-17H,8,10-13H2,1-2H3/t16-,17?/m1/s1. The van der Waals surface area contributed by atoms with Crippen LogP contribution < -0.4 is 0 Å². The van der Waals surface area contributed by atoms with Crippen LogP contribution in [0.4, 0.5) is 8.78 Å². The van der Waals surface area contributed by atoms with Crippen molar-refractivity contribution in [3.8, 4) is 0 Å². The molecule has 8 nitrogen and oxygen atoms in total. The molecule has 2 atom stereocenters. The van der Waals surface area contributed by atoms with Crippen LogP contribution in [-0.2, 0) is 10.7 Å². The van der Waals surface area contributed by atoms with Gasteiger partial charge in [0.15, 0.2) is 0 Å². The Bertz CT molecular complexity index is 1300. The van der Waals surface area contributed by atoms with Gasteiger partial charge in [-0.25, -0.2) is 0 Å². The molecule has 2 saturated heterocycles. The van der Waals surface area contributed by atoms with Gasteiger partial charge >= 0.3 is 5.92 Å². The molecule has 0 N–H and O–H groups in total. The Kier molecular flexibility index (Phi) is 5.09. The molecule has 1 spiro atoms. The average molecular weight is 514 g/mol. The summed E-state index contributed by atoms with van der Waals surface area (Å²) in [5, 5.41) is 7.72. The van der Waals surface area contributed by atoms with Crippen LogP contribution in [0, 0.1) is 16.7 Å². The third-order valence-electron chi connectivity index (χ3n) is 7.86. The summed E-state index contributed by atoms with van der Waals surface area (Å²) in [5.74, 6) is -4.68. The second-order valence-corrected chi connectivity index (χ2v) is 11.7. The van der Waals surface area contributed by atoms with Gasteiger partial charge in [0.2, 0.25) is 11.8 Å². The molecule has 188 valence electrons. The quantitative estimate of drug-likeness (QED) is 0.516. The average Bonchev–Trinajstić information content (AvgIpc) is 3.38. The normalized spacial score (nSPS) is 24.1.